The van der Waals surface area contributed by atoms with Crippen molar-refractivity contribution >= 4 is 53.7 Å². The van der Waals surface area contributed by atoms with Gasteiger partial charge < -0.3 is 15.0 Å². The summed E-state index contributed by atoms with van der Waals surface area (Å²) in [5, 5.41) is 0.950. The van der Waals surface area contributed by atoms with Crippen molar-refractivity contribution in [2.75, 3.05) is 25.1 Å². The van der Waals surface area contributed by atoms with Gasteiger partial charge in [0.25, 0.3) is 0 Å². The maximum Gasteiger partial charge on any atom is 0.211 e. The van der Waals surface area contributed by atoms with E-state index in [1.165, 1.54) is 7.05 Å². The molecule has 0 unspecified atom stereocenters. The van der Waals surface area contributed by atoms with Crippen molar-refractivity contribution < 1.29 is 13.2 Å². The normalized spacial score (nSPS) is 12.2. The molecule has 0 atom stereocenters. The van der Waals surface area contributed by atoms with Crippen LogP contribution in [0.4, 0.5) is 5.82 Å². The summed E-state index contributed by atoms with van der Waals surface area (Å²) < 4.78 is 34.2. The number of unbranched alkanes of at least 4 members (excludes halogenated alkanes) is 1. The lowest BCUT2D eigenvalue weighted by Crippen LogP contribution is -2.22. The quantitative estimate of drug-likeness (QED) is 0.465. The van der Waals surface area contributed by atoms with Crippen LogP contribution in [-0.4, -0.2) is 42.4 Å². The van der Waals surface area contributed by atoms with Crippen LogP contribution in [0.3, 0.4) is 0 Å². The molecule has 0 fully saturated rings. The van der Waals surface area contributed by atoms with Crippen molar-refractivity contribution in [1.29, 1.82) is 0 Å². The molecule has 3 rings (SSSR count). The van der Waals surface area contributed by atoms with Crippen LogP contribution in [0.5, 0.6) is 0 Å². The average molecular weight is 470 g/mol. The Balaban J connectivity index is 2.02. The van der Waals surface area contributed by atoms with Crippen LogP contribution in [0.1, 0.15) is 25.6 Å². The molecular formula is C18H24BrN5O3S. The lowest BCUT2D eigenvalue weighted by Gasteiger charge is -2.11. The van der Waals surface area contributed by atoms with Gasteiger partial charge in [0.2, 0.25) is 10.0 Å². The zero-order valence-corrected chi connectivity index (χ0v) is 18.3. The number of nitrogens with zero attached hydrogens (tertiary/aromatic N) is 3. The summed E-state index contributed by atoms with van der Waals surface area (Å²) in [6.45, 7) is 3.48. The molecule has 8 nitrogen and oxygen atoms in total. The largest absolute Gasteiger partial charge is 0.382 e. The number of nitrogen functional groups attached to an aromatic ring is 1. The number of sulfonamides is 1. The molecule has 1 aromatic carbocycles. The molecule has 0 bridgehead atoms. The highest BCUT2D eigenvalue weighted by Gasteiger charge is 2.18. The van der Waals surface area contributed by atoms with Crippen molar-refractivity contribution in [3.05, 3.63) is 28.5 Å². The van der Waals surface area contributed by atoms with E-state index in [0.717, 1.165) is 26.7 Å². The number of fused-ring (bicyclic) bond motifs is 3. The number of hydrogen-bond donors (Lipinski definition) is 2. The number of imidazole rings is 1. The number of pyridine rings is 1. The predicted molar refractivity (Wildman–Crippen MR) is 115 cm³/mol. The van der Waals surface area contributed by atoms with Gasteiger partial charge in [0.05, 0.1) is 16.8 Å². The van der Waals surface area contributed by atoms with Crippen molar-refractivity contribution in [2.24, 2.45) is 0 Å². The van der Waals surface area contributed by atoms with Gasteiger partial charge in [-0.3, -0.25) is 0 Å². The molecule has 0 aliphatic rings. The molecule has 0 saturated heterocycles. The van der Waals surface area contributed by atoms with Crippen LogP contribution < -0.4 is 10.5 Å². The lowest BCUT2D eigenvalue weighted by molar-refractivity contribution is 0.126. The first-order valence-electron chi connectivity index (χ1n) is 9.09. The van der Waals surface area contributed by atoms with Crippen molar-refractivity contribution in [3.8, 4) is 0 Å². The van der Waals surface area contributed by atoms with Gasteiger partial charge in [0, 0.05) is 23.0 Å². The van der Waals surface area contributed by atoms with E-state index in [2.05, 4.69) is 35.2 Å². The molecule has 3 N–H and O–H groups in total. The molecule has 3 aromatic rings. The van der Waals surface area contributed by atoms with Gasteiger partial charge in [0.15, 0.2) is 5.82 Å². The van der Waals surface area contributed by atoms with E-state index in [-0.39, 0.29) is 5.75 Å². The van der Waals surface area contributed by atoms with Gasteiger partial charge in [-0.15, -0.1) is 0 Å². The molecule has 0 amide bonds. The Morgan fingerprint density at radius 1 is 1.29 bits per heavy atom. The number of nitrogens with two attached hydrogens (primary N) is 1. The van der Waals surface area contributed by atoms with Crippen molar-refractivity contribution in [3.63, 3.8) is 0 Å². The number of anilines is 1. The SMILES string of the molecule is CCOCc1nc2c(N)nc3cc(Br)ccc3c2n1CCCCS(=O)(=O)NC. The Morgan fingerprint density at radius 2 is 2.07 bits per heavy atom. The standard InChI is InChI=1S/C18H24BrN5O3S/c1-3-27-11-15-23-16-17(24(15)8-4-5-9-28(25,26)21-2)13-7-6-12(19)10-14(13)22-18(16)20/h6-7,10,21H,3-5,8-9,11H2,1-2H3,(H2,20,22). The number of hydrogen-bond acceptors (Lipinski definition) is 6. The number of rotatable bonds is 9. The average Bonchev–Trinajstić information content (AvgIpc) is 3.02. The fourth-order valence-electron chi connectivity index (χ4n) is 3.14. The summed E-state index contributed by atoms with van der Waals surface area (Å²) in [6, 6.07) is 5.87. The first-order chi connectivity index (χ1) is 13.4. The fraction of sp³-hybridized carbons (Fsp3) is 0.444. The van der Waals surface area contributed by atoms with Crippen LogP contribution in [0.2, 0.25) is 0 Å². The molecule has 0 aliphatic carbocycles. The van der Waals surface area contributed by atoms with Crippen LogP contribution in [0, 0.1) is 0 Å². The zero-order valence-electron chi connectivity index (χ0n) is 15.9. The fourth-order valence-corrected chi connectivity index (χ4v) is 4.28. The smallest absolute Gasteiger partial charge is 0.211 e. The first kappa shape index (κ1) is 21.0. The lowest BCUT2D eigenvalue weighted by atomic mass is 10.2. The van der Waals surface area contributed by atoms with E-state index in [9.17, 15) is 8.42 Å². The minimum absolute atomic E-state index is 0.0916. The molecule has 10 heteroatoms. The molecule has 0 saturated carbocycles. The van der Waals surface area contributed by atoms with E-state index >= 15 is 0 Å². The number of aromatic nitrogens is 3. The van der Waals surface area contributed by atoms with E-state index < -0.39 is 10.0 Å². The Hall–Kier alpha value is -1.75. The van der Waals surface area contributed by atoms with Gasteiger partial charge in [0.1, 0.15) is 17.9 Å². The van der Waals surface area contributed by atoms with Gasteiger partial charge in [-0.05, 0) is 45.0 Å². The molecule has 0 radical (unpaired) electrons. The summed E-state index contributed by atoms with van der Waals surface area (Å²) in [5.41, 5.74) is 8.51. The summed E-state index contributed by atoms with van der Waals surface area (Å²) >= 11 is 3.47. The van der Waals surface area contributed by atoms with Crippen molar-refractivity contribution in [1.82, 2.24) is 19.3 Å². The number of nitrogens with one attached hydrogen (secondary N) is 1. The topological polar surface area (TPSA) is 112 Å². The molecular weight excluding hydrogens is 446 g/mol. The minimum atomic E-state index is -3.21. The summed E-state index contributed by atoms with van der Waals surface area (Å²) in [4.78, 5) is 9.16. The second-order valence-corrected chi connectivity index (χ2v) is 9.36. The molecule has 152 valence electrons. The second-order valence-electron chi connectivity index (χ2n) is 6.40. The zero-order chi connectivity index (χ0) is 20.3. The van der Waals surface area contributed by atoms with Gasteiger partial charge in [-0.25, -0.2) is 23.1 Å². The van der Waals surface area contributed by atoms with Crippen LogP contribution in [-0.2, 0) is 27.9 Å². The summed E-state index contributed by atoms with van der Waals surface area (Å²) in [7, 11) is -1.78. The van der Waals surface area contributed by atoms with Crippen molar-refractivity contribution in [2.45, 2.75) is 32.9 Å². The maximum absolute atomic E-state index is 11.7. The third-order valence-electron chi connectivity index (χ3n) is 4.54. The monoisotopic (exact) mass is 469 g/mol. The minimum Gasteiger partial charge on any atom is -0.382 e. The maximum atomic E-state index is 11.7. The number of halogens is 1. The Morgan fingerprint density at radius 3 is 2.79 bits per heavy atom. The predicted octanol–water partition coefficient (Wildman–Crippen LogP) is 2.80. The van der Waals surface area contributed by atoms with Gasteiger partial charge in [-0.2, -0.15) is 0 Å². The Bertz CT molecular complexity index is 1100. The van der Waals surface area contributed by atoms with Crippen LogP contribution in [0.25, 0.3) is 21.9 Å². The van der Waals surface area contributed by atoms with Gasteiger partial charge >= 0.3 is 0 Å². The first-order valence-corrected chi connectivity index (χ1v) is 11.5. The van der Waals surface area contributed by atoms with E-state index in [0.29, 0.717) is 43.9 Å². The van der Waals surface area contributed by atoms with Crippen LogP contribution in [0.15, 0.2) is 22.7 Å². The number of aryl methyl sites for hydroxylation is 1. The third-order valence-corrected chi connectivity index (χ3v) is 6.48. The number of ether oxygens (including phenoxy) is 1. The molecule has 0 spiro atoms. The van der Waals surface area contributed by atoms with Crippen LogP contribution >= 0.6 is 15.9 Å². The molecule has 2 aromatic heterocycles. The van der Waals surface area contributed by atoms with Gasteiger partial charge in [-0.1, -0.05) is 15.9 Å². The highest BCUT2D eigenvalue weighted by Crippen LogP contribution is 2.31. The Kier molecular flexibility index (Phi) is 6.54. The second kappa shape index (κ2) is 8.73. The molecule has 28 heavy (non-hydrogen) atoms. The highest BCUT2D eigenvalue weighted by atomic mass is 79.9. The van der Waals surface area contributed by atoms with E-state index in [4.69, 9.17) is 10.5 Å². The van der Waals surface area contributed by atoms with E-state index in [1.807, 2.05) is 25.1 Å². The number of benzene rings is 1. The molecule has 2 heterocycles. The highest BCUT2D eigenvalue weighted by molar-refractivity contribution is 9.10. The summed E-state index contributed by atoms with van der Waals surface area (Å²) in [5.74, 6) is 1.22. The Labute approximate surface area is 172 Å². The summed E-state index contributed by atoms with van der Waals surface area (Å²) in [6.07, 6.45) is 1.23. The van der Waals surface area contributed by atoms with E-state index in [1.54, 1.807) is 0 Å². The molecule has 0 aliphatic heterocycles. The third kappa shape index (κ3) is 4.45.